The maximum atomic E-state index is 6.23. The molecule has 0 amide bonds. The van der Waals surface area contributed by atoms with Crippen molar-refractivity contribution in [2.24, 2.45) is 0 Å². The minimum atomic E-state index is 0.131. The fourth-order valence-corrected chi connectivity index (χ4v) is 3.57. The summed E-state index contributed by atoms with van der Waals surface area (Å²) in [5.74, 6) is 0.241. The number of likely N-dealkylation sites (tertiary alicyclic amines) is 1. The van der Waals surface area contributed by atoms with E-state index in [-0.39, 0.29) is 12.0 Å². The molecule has 1 aromatic carbocycles. The van der Waals surface area contributed by atoms with Crippen molar-refractivity contribution in [1.29, 1.82) is 0 Å². The lowest BCUT2D eigenvalue weighted by molar-refractivity contribution is 0.0965. The van der Waals surface area contributed by atoms with Crippen molar-refractivity contribution in [1.82, 2.24) is 20.3 Å². The minimum absolute atomic E-state index is 0.131. The van der Waals surface area contributed by atoms with E-state index in [4.69, 9.17) is 27.9 Å². The largest absolute Gasteiger partial charge is 0.379 e. The molecule has 2 heterocycles. The third kappa shape index (κ3) is 3.27. The number of H-pyrrole nitrogens is 1. The van der Waals surface area contributed by atoms with Gasteiger partial charge < -0.3 is 4.74 Å². The number of hydrogen-bond donors (Lipinski definition) is 1. The first-order valence-electron chi connectivity index (χ1n) is 7.22. The van der Waals surface area contributed by atoms with E-state index in [0.717, 1.165) is 47.4 Å². The predicted octanol–water partition coefficient (Wildman–Crippen LogP) is 2.77. The number of ether oxygens (including phenoxy) is 1. The number of aromatic amines is 1. The SMILES string of the molecule is CO[C@@H]1CN(CCc2c(Cl)cccc2Cl)C[C@H]1c1cn[nH]n1. The Balaban J connectivity index is 1.65. The molecule has 1 saturated heterocycles. The zero-order chi connectivity index (χ0) is 15.5. The third-order valence-electron chi connectivity index (χ3n) is 4.20. The van der Waals surface area contributed by atoms with Crippen LogP contribution < -0.4 is 0 Å². The minimum Gasteiger partial charge on any atom is -0.379 e. The highest BCUT2D eigenvalue weighted by Gasteiger charge is 2.35. The zero-order valence-electron chi connectivity index (χ0n) is 12.3. The first kappa shape index (κ1) is 15.7. The number of benzene rings is 1. The molecule has 1 fully saturated rings. The first-order chi connectivity index (χ1) is 10.7. The molecule has 2 atom stereocenters. The lowest BCUT2D eigenvalue weighted by atomic mass is 10.0. The quantitative estimate of drug-likeness (QED) is 0.909. The van der Waals surface area contributed by atoms with E-state index in [9.17, 15) is 0 Å². The predicted molar refractivity (Wildman–Crippen MR) is 86.5 cm³/mol. The van der Waals surface area contributed by atoms with Crippen LogP contribution in [0.3, 0.4) is 0 Å². The molecule has 22 heavy (non-hydrogen) atoms. The second-order valence-electron chi connectivity index (χ2n) is 5.49. The van der Waals surface area contributed by atoms with Crippen molar-refractivity contribution in [3.05, 3.63) is 45.7 Å². The molecule has 1 aromatic heterocycles. The van der Waals surface area contributed by atoms with E-state index in [2.05, 4.69) is 20.3 Å². The number of nitrogens with zero attached hydrogens (tertiary/aromatic N) is 3. The van der Waals surface area contributed by atoms with E-state index in [1.54, 1.807) is 13.3 Å². The maximum Gasteiger partial charge on any atom is 0.0894 e. The van der Waals surface area contributed by atoms with E-state index in [0.29, 0.717) is 0 Å². The molecule has 0 aliphatic carbocycles. The molecule has 1 N–H and O–H groups in total. The van der Waals surface area contributed by atoms with E-state index >= 15 is 0 Å². The Bertz CT molecular complexity index is 600. The first-order valence-corrected chi connectivity index (χ1v) is 7.98. The van der Waals surface area contributed by atoms with Crippen LogP contribution >= 0.6 is 23.2 Å². The Labute approximate surface area is 139 Å². The van der Waals surface area contributed by atoms with Gasteiger partial charge in [-0.3, -0.25) is 4.90 Å². The Morgan fingerprint density at radius 1 is 1.32 bits per heavy atom. The van der Waals surface area contributed by atoms with Gasteiger partial charge in [0, 0.05) is 42.7 Å². The van der Waals surface area contributed by atoms with Gasteiger partial charge in [-0.2, -0.15) is 15.4 Å². The van der Waals surface area contributed by atoms with Crippen LogP contribution in [0.15, 0.2) is 24.4 Å². The summed E-state index contributed by atoms with van der Waals surface area (Å²) in [5.41, 5.74) is 1.95. The molecule has 3 rings (SSSR count). The Morgan fingerprint density at radius 2 is 2.09 bits per heavy atom. The van der Waals surface area contributed by atoms with Crippen LogP contribution in [-0.4, -0.2) is 53.2 Å². The van der Waals surface area contributed by atoms with Crippen molar-refractivity contribution in [3.8, 4) is 0 Å². The van der Waals surface area contributed by atoms with E-state index in [1.807, 2.05) is 18.2 Å². The molecule has 0 spiro atoms. The van der Waals surface area contributed by atoms with Gasteiger partial charge >= 0.3 is 0 Å². The van der Waals surface area contributed by atoms with Gasteiger partial charge in [0.1, 0.15) is 0 Å². The van der Waals surface area contributed by atoms with Crippen molar-refractivity contribution >= 4 is 23.2 Å². The fraction of sp³-hybridized carbons (Fsp3) is 0.467. The van der Waals surface area contributed by atoms with Gasteiger partial charge in [-0.1, -0.05) is 29.3 Å². The van der Waals surface area contributed by atoms with Crippen LogP contribution in [-0.2, 0) is 11.2 Å². The lowest BCUT2D eigenvalue weighted by Gasteiger charge is -2.16. The molecule has 1 aliphatic rings. The smallest absolute Gasteiger partial charge is 0.0894 e. The topological polar surface area (TPSA) is 54.0 Å². The molecule has 1 aliphatic heterocycles. The zero-order valence-corrected chi connectivity index (χ0v) is 13.8. The summed E-state index contributed by atoms with van der Waals surface area (Å²) in [5, 5.41) is 12.2. The number of hydrogen-bond acceptors (Lipinski definition) is 4. The Kier molecular flexibility index (Phi) is 4.98. The van der Waals surface area contributed by atoms with Gasteiger partial charge in [0.05, 0.1) is 18.0 Å². The monoisotopic (exact) mass is 340 g/mol. The summed E-state index contributed by atoms with van der Waals surface area (Å²) in [6, 6.07) is 5.62. The second kappa shape index (κ2) is 6.96. The molecule has 7 heteroatoms. The van der Waals surface area contributed by atoms with Crippen LogP contribution in [0.1, 0.15) is 17.2 Å². The molecule has 0 unspecified atom stereocenters. The van der Waals surface area contributed by atoms with Crippen molar-refractivity contribution < 1.29 is 4.74 Å². The molecule has 5 nitrogen and oxygen atoms in total. The van der Waals surface area contributed by atoms with Crippen LogP contribution in [0.25, 0.3) is 0 Å². The highest BCUT2D eigenvalue weighted by Crippen LogP contribution is 2.29. The highest BCUT2D eigenvalue weighted by molar-refractivity contribution is 6.35. The van der Waals surface area contributed by atoms with Gasteiger partial charge in [-0.15, -0.1) is 0 Å². The van der Waals surface area contributed by atoms with Crippen LogP contribution in [0, 0.1) is 0 Å². The number of methoxy groups -OCH3 is 1. The van der Waals surface area contributed by atoms with Gasteiger partial charge in [-0.25, -0.2) is 0 Å². The second-order valence-corrected chi connectivity index (χ2v) is 6.30. The molecule has 2 aromatic rings. The highest BCUT2D eigenvalue weighted by atomic mass is 35.5. The third-order valence-corrected chi connectivity index (χ3v) is 4.91. The summed E-state index contributed by atoms with van der Waals surface area (Å²) in [6.07, 6.45) is 2.72. The molecule has 0 saturated carbocycles. The molecule has 0 bridgehead atoms. The maximum absolute atomic E-state index is 6.23. The summed E-state index contributed by atoms with van der Waals surface area (Å²) >= 11 is 12.5. The summed E-state index contributed by atoms with van der Waals surface area (Å²) < 4.78 is 5.60. The van der Waals surface area contributed by atoms with Crippen molar-refractivity contribution in [3.63, 3.8) is 0 Å². The van der Waals surface area contributed by atoms with Gasteiger partial charge in [0.2, 0.25) is 0 Å². The van der Waals surface area contributed by atoms with Gasteiger partial charge in [0.15, 0.2) is 0 Å². The van der Waals surface area contributed by atoms with Crippen LogP contribution in [0.4, 0.5) is 0 Å². The number of halogens is 2. The van der Waals surface area contributed by atoms with Crippen LogP contribution in [0.5, 0.6) is 0 Å². The van der Waals surface area contributed by atoms with E-state index in [1.165, 1.54) is 0 Å². The number of nitrogens with one attached hydrogen (secondary N) is 1. The number of rotatable bonds is 5. The average molecular weight is 341 g/mol. The summed E-state index contributed by atoms with van der Waals surface area (Å²) in [7, 11) is 1.74. The van der Waals surface area contributed by atoms with Gasteiger partial charge in [0.25, 0.3) is 0 Å². The fourth-order valence-electron chi connectivity index (χ4n) is 2.99. The standard InChI is InChI=1S/C15H18Cl2N4O/c1-22-15-9-21(8-11(15)14-7-18-20-19-14)6-5-10-12(16)3-2-4-13(10)17/h2-4,7,11,15H,5-6,8-9H2,1H3,(H,18,19,20)/t11-,15+/m0/s1. The molecular formula is C15H18Cl2N4O. The Hall–Kier alpha value is -1.14. The molecular weight excluding hydrogens is 323 g/mol. The number of aromatic nitrogens is 3. The van der Waals surface area contributed by atoms with Crippen molar-refractivity contribution in [2.45, 2.75) is 18.4 Å². The van der Waals surface area contributed by atoms with Crippen LogP contribution in [0.2, 0.25) is 10.0 Å². The summed E-state index contributed by atoms with van der Waals surface area (Å²) in [6.45, 7) is 2.65. The van der Waals surface area contributed by atoms with Gasteiger partial charge in [-0.05, 0) is 24.1 Å². The normalized spacial score (nSPS) is 22.3. The molecule has 0 radical (unpaired) electrons. The molecule has 118 valence electrons. The lowest BCUT2D eigenvalue weighted by Crippen LogP contribution is -2.25. The Morgan fingerprint density at radius 3 is 2.73 bits per heavy atom. The average Bonchev–Trinajstić information content (AvgIpc) is 3.15. The van der Waals surface area contributed by atoms with E-state index < -0.39 is 0 Å². The van der Waals surface area contributed by atoms with Crippen molar-refractivity contribution in [2.75, 3.05) is 26.7 Å². The summed E-state index contributed by atoms with van der Waals surface area (Å²) in [4.78, 5) is 2.35.